The Morgan fingerprint density at radius 3 is 2.62 bits per heavy atom. The molecule has 2 heterocycles. The Labute approximate surface area is 101 Å². The Hall–Kier alpha value is -1.27. The van der Waals surface area contributed by atoms with Gasteiger partial charge in [-0.1, -0.05) is 11.6 Å². The third-order valence-electron chi connectivity index (χ3n) is 1.89. The third-order valence-corrected chi connectivity index (χ3v) is 2.85. The van der Waals surface area contributed by atoms with Gasteiger partial charge in [-0.2, -0.15) is 0 Å². The van der Waals surface area contributed by atoms with Crippen LogP contribution in [0.3, 0.4) is 0 Å². The lowest BCUT2D eigenvalue weighted by Gasteiger charge is -1.98. The van der Waals surface area contributed by atoms with Gasteiger partial charge in [-0.15, -0.1) is 0 Å². The molecule has 2 rings (SSSR count). The van der Waals surface area contributed by atoms with Crippen LogP contribution in [0.15, 0.2) is 20.7 Å². The van der Waals surface area contributed by atoms with E-state index in [1.165, 1.54) is 11.8 Å². The molecule has 0 spiro atoms. The van der Waals surface area contributed by atoms with Crippen LogP contribution in [0.2, 0.25) is 5.15 Å². The number of rotatable bonds is 2. The Morgan fingerprint density at radius 1 is 1.31 bits per heavy atom. The quantitative estimate of drug-likeness (QED) is 0.832. The van der Waals surface area contributed by atoms with Crippen molar-refractivity contribution in [3.63, 3.8) is 0 Å². The summed E-state index contributed by atoms with van der Waals surface area (Å²) in [5.41, 5.74) is 6.33. The number of aryl methyl sites for hydroxylation is 2. The monoisotopic (exact) mass is 256 g/mol. The largest absolute Gasteiger partial charge is 0.436 e. The summed E-state index contributed by atoms with van der Waals surface area (Å²) < 4.78 is 5.41. The molecule has 0 aliphatic carbocycles. The highest BCUT2D eigenvalue weighted by Crippen LogP contribution is 2.28. The summed E-state index contributed by atoms with van der Waals surface area (Å²) in [6.07, 6.45) is 0. The van der Waals surface area contributed by atoms with E-state index < -0.39 is 0 Å². The standard InChI is InChI=1S/C9H9ClN4OS/c1-4-5(2)15-9(12-4)16-7-3-6(10)13-8(11)14-7/h3H,1-2H3,(H2,11,13,14). The highest BCUT2D eigenvalue weighted by Gasteiger charge is 2.09. The van der Waals surface area contributed by atoms with Crippen molar-refractivity contribution in [2.75, 3.05) is 5.73 Å². The van der Waals surface area contributed by atoms with Crippen LogP contribution in [0.5, 0.6) is 0 Å². The van der Waals surface area contributed by atoms with Crippen molar-refractivity contribution in [1.82, 2.24) is 15.0 Å². The summed E-state index contributed by atoms with van der Waals surface area (Å²) >= 11 is 7.01. The maximum absolute atomic E-state index is 5.76. The summed E-state index contributed by atoms with van der Waals surface area (Å²) in [4.78, 5) is 12.0. The predicted octanol–water partition coefficient (Wildman–Crippen LogP) is 2.47. The molecule has 2 aromatic heterocycles. The molecule has 16 heavy (non-hydrogen) atoms. The number of nitrogen functional groups attached to an aromatic ring is 1. The Kier molecular flexibility index (Phi) is 3.02. The van der Waals surface area contributed by atoms with Gasteiger partial charge < -0.3 is 10.2 Å². The average Bonchev–Trinajstić information content (AvgIpc) is 2.43. The van der Waals surface area contributed by atoms with E-state index in [-0.39, 0.29) is 5.95 Å². The molecule has 0 radical (unpaired) electrons. The average molecular weight is 257 g/mol. The second-order valence-electron chi connectivity index (χ2n) is 3.11. The number of hydrogen-bond acceptors (Lipinski definition) is 6. The van der Waals surface area contributed by atoms with Crippen LogP contribution in [0.4, 0.5) is 5.95 Å². The smallest absolute Gasteiger partial charge is 0.262 e. The van der Waals surface area contributed by atoms with E-state index in [2.05, 4.69) is 15.0 Å². The molecule has 0 amide bonds. The Morgan fingerprint density at radius 2 is 2.06 bits per heavy atom. The van der Waals surface area contributed by atoms with Crippen molar-refractivity contribution in [1.29, 1.82) is 0 Å². The van der Waals surface area contributed by atoms with Crippen LogP contribution in [-0.2, 0) is 0 Å². The molecule has 2 N–H and O–H groups in total. The molecule has 2 aromatic rings. The maximum atomic E-state index is 5.76. The fourth-order valence-corrected chi connectivity index (χ4v) is 2.13. The molecular formula is C9H9ClN4OS. The zero-order chi connectivity index (χ0) is 11.7. The normalized spacial score (nSPS) is 10.7. The molecular weight excluding hydrogens is 248 g/mol. The molecule has 0 bridgehead atoms. The van der Waals surface area contributed by atoms with Gasteiger partial charge in [0, 0.05) is 6.07 Å². The van der Waals surface area contributed by atoms with E-state index in [1.54, 1.807) is 6.07 Å². The van der Waals surface area contributed by atoms with Crippen LogP contribution in [0, 0.1) is 13.8 Å². The highest BCUT2D eigenvalue weighted by atomic mass is 35.5. The summed E-state index contributed by atoms with van der Waals surface area (Å²) in [6, 6.07) is 1.61. The second-order valence-corrected chi connectivity index (χ2v) is 4.47. The topological polar surface area (TPSA) is 77.8 Å². The molecule has 84 valence electrons. The SMILES string of the molecule is Cc1nc(Sc2cc(Cl)nc(N)n2)oc1C. The van der Waals surface area contributed by atoms with Crippen molar-refractivity contribution in [3.8, 4) is 0 Å². The van der Waals surface area contributed by atoms with E-state index in [0.29, 0.717) is 15.4 Å². The number of oxazole rings is 1. The van der Waals surface area contributed by atoms with Gasteiger partial charge in [0.25, 0.3) is 5.22 Å². The fraction of sp³-hybridized carbons (Fsp3) is 0.222. The molecule has 0 aliphatic heterocycles. The molecule has 0 aliphatic rings. The number of halogens is 1. The molecule has 5 nitrogen and oxygen atoms in total. The highest BCUT2D eigenvalue weighted by molar-refractivity contribution is 7.99. The number of aromatic nitrogens is 3. The van der Waals surface area contributed by atoms with Crippen molar-refractivity contribution in [2.24, 2.45) is 0 Å². The lowest BCUT2D eigenvalue weighted by atomic mass is 10.4. The molecule has 0 saturated heterocycles. The van der Waals surface area contributed by atoms with Gasteiger partial charge in [-0.3, -0.25) is 0 Å². The number of nitrogens with two attached hydrogens (primary N) is 1. The van der Waals surface area contributed by atoms with Crippen LogP contribution in [0.25, 0.3) is 0 Å². The van der Waals surface area contributed by atoms with Crippen LogP contribution < -0.4 is 5.73 Å². The molecule has 0 atom stereocenters. The summed E-state index contributed by atoms with van der Waals surface area (Å²) in [5, 5.41) is 1.43. The van der Waals surface area contributed by atoms with E-state index in [4.69, 9.17) is 21.8 Å². The van der Waals surface area contributed by atoms with E-state index >= 15 is 0 Å². The third kappa shape index (κ3) is 2.45. The first-order valence-corrected chi connectivity index (χ1v) is 5.66. The maximum Gasteiger partial charge on any atom is 0.262 e. The van der Waals surface area contributed by atoms with E-state index in [1.807, 2.05) is 13.8 Å². The second kappa shape index (κ2) is 4.31. The van der Waals surface area contributed by atoms with Gasteiger partial charge in [0.15, 0.2) is 0 Å². The first-order chi connectivity index (χ1) is 7.54. The van der Waals surface area contributed by atoms with Crippen molar-refractivity contribution in [3.05, 3.63) is 22.7 Å². The van der Waals surface area contributed by atoms with Gasteiger partial charge in [-0.05, 0) is 25.6 Å². The first-order valence-electron chi connectivity index (χ1n) is 4.46. The minimum absolute atomic E-state index is 0.134. The lowest BCUT2D eigenvalue weighted by Crippen LogP contribution is -1.95. The number of hydrogen-bond donors (Lipinski definition) is 1. The zero-order valence-corrected chi connectivity index (χ0v) is 10.3. The number of nitrogens with zero attached hydrogens (tertiary/aromatic N) is 3. The predicted molar refractivity (Wildman–Crippen MR) is 61.6 cm³/mol. The van der Waals surface area contributed by atoms with Gasteiger partial charge in [0.1, 0.15) is 15.9 Å². The Balaban J connectivity index is 2.26. The van der Waals surface area contributed by atoms with Gasteiger partial charge in [-0.25, -0.2) is 15.0 Å². The minimum Gasteiger partial charge on any atom is -0.436 e. The van der Waals surface area contributed by atoms with Crippen molar-refractivity contribution >= 4 is 29.3 Å². The van der Waals surface area contributed by atoms with E-state index in [0.717, 1.165) is 11.5 Å². The van der Waals surface area contributed by atoms with Gasteiger partial charge >= 0.3 is 0 Å². The molecule has 0 fully saturated rings. The summed E-state index contributed by atoms with van der Waals surface area (Å²) in [6.45, 7) is 3.73. The van der Waals surface area contributed by atoms with Crippen molar-refractivity contribution in [2.45, 2.75) is 24.1 Å². The molecule has 7 heteroatoms. The van der Waals surface area contributed by atoms with Gasteiger partial charge in [0.05, 0.1) is 5.69 Å². The van der Waals surface area contributed by atoms with Crippen molar-refractivity contribution < 1.29 is 4.42 Å². The number of anilines is 1. The van der Waals surface area contributed by atoms with Crippen LogP contribution in [-0.4, -0.2) is 15.0 Å². The summed E-state index contributed by atoms with van der Waals surface area (Å²) in [5.74, 6) is 0.922. The zero-order valence-electron chi connectivity index (χ0n) is 8.69. The molecule has 0 aromatic carbocycles. The lowest BCUT2D eigenvalue weighted by molar-refractivity contribution is 0.431. The minimum atomic E-state index is 0.134. The first kappa shape index (κ1) is 11.2. The molecule has 0 unspecified atom stereocenters. The van der Waals surface area contributed by atoms with E-state index in [9.17, 15) is 0 Å². The Bertz CT molecular complexity index is 488. The fourth-order valence-electron chi connectivity index (χ4n) is 1.04. The summed E-state index contributed by atoms with van der Waals surface area (Å²) in [7, 11) is 0. The van der Waals surface area contributed by atoms with Crippen LogP contribution >= 0.6 is 23.4 Å². The van der Waals surface area contributed by atoms with Gasteiger partial charge in [0.2, 0.25) is 5.95 Å². The molecule has 0 saturated carbocycles. The van der Waals surface area contributed by atoms with Crippen LogP contribution in [0.1, 0.15) is 11.5 Å².